The highest BCUT2D eigenvalue weighted by atomic mass is 16.4. The molecule has 136 valence electrons. The van der Waals surface area contributed by atoms with Crippen molar-refractivity contribution in [2.24, 2.45) is 0 Å². The van der Waals surface area contributed by atoms with Crippen molar-refractivity contribution in [1.82, 2.24) is 0 Å². The molecule has 0 rings (SSSR count). The molecule has 0 fully saturated rings. The van der Waals surface area contributed by atoms with E-state index in [-0.39, 0.29) is 0 Å². The minimum Gasteiger partial charge on any atom is -0.481 e. The number of allylic oxidation sites excluding steroid dienone is 1. The second-order valence-corrected chi connectivity index (χ2v) is 6.00. The normalized spacial score (nSPS) is 10.8. The first-order chi connectivity index (χ1) is 12.1. The van der Waals surface area contributed by atoms with Crippen molar-refractivity contribution in [3.05, 3.63) is 12.2 Å². The maximum absolute atomic E-state index is 10.4. The van der Waals surface area contributed by atoms with Crippen LogP contribution in [0.3, 0.4) is 0 Å². The fourth-order valence-electron chi connectivity index (χ4n) is 2.16. The molecule has 1 unspecified atom stereocenters. The minimum absolute atomic E-state index is 0.304. The number of carboxylic acid groups (broad SMARTS) is 1. The fourth-order valence-corrected chi connectivity index (χ4v) is 2.16. The SMILES string of the molecule is CC(O)/C=C/C#CC#CC#CCCCCCCCCCCCC(=O)O. The zero-order chi connectivity index (χ0) is 18.6. The van der Waals surface area contributed by atoms with Crippen molar-refractivity contribution < 1.29 is 15.0 Å². The van der Waals surface area contributed by atoms with Gasteiger partial charge in [-0.2, -0.15) is 0 Å². The molecule has 0 saturated carbocycles. The van der Waals surface area contributed by atoms with Crippen molar-refractivity contribution in [3.8, 4) is 35.5 Å². The molecule has 0 aromatic heterocycles. The van der Waals surface area contributed by atoms with Gasteiger partial charge in [-0.3, -0.25) is 4.79 Å². The van der Waals surface area contributed by atoms with Gasteiger partial charge in [-0.15, -0.1) is 0 Å². The Morgan fingerprint density at radius 1 is 0.880 bits per heavy atom. The topological polar surface area (TPSA) is 57.5 Å². The van der Waals surface area contributed by atoms with E-state index in [1.165, 1.54) is 32.1 Å². The third kappa shape index (κ3) is 21.9. The van der Waals surface area contributed by atoms with Gasteiger partial charge in [0.05, 0.1) is 6.10 Å². The number of aliphatic hydroxyl groups excluding tert-OH is 1. The van der Waals surface area contributed by atoms with E-state index in [0.29, 0.717) is 6.42 Å². The molecule has 0 aromatic carbocycles. The molecular formula is C22H30O3. The van der Waals surface area contributed by atoms with E-state index in [4.69, 9.17) is 10.2 Å². The minimum atomic E-state index is -0.688. The second-order valence-electron chi connectivity index (χ2n) is 6.00. The maximum atomic E-state index is 10.4. The van der Waals surface area contributed by atoms with Gasteiger partial charge < -0.3 is 10.2 Å². The molecule has 3 nitrogen and oxygen atoms in total. The highest BCUT2D eigenvalue weighted by Crippen LogP contribution is 2.11. The Bertz CT molecular complexity index is 553. The fraction of sp³-hybridized carbons (Fsp3) is 0.591. The van der Waals surface area contributed by atoms with Crippen molar-refractivity contribution in [1.29, 1.82) is 0 Å². The van der Waals surface area contributed by atoms with Gasteiger partial charge in [0, 0.05) is 12.8 Å². The molecule has 25 heavy (non-hydrogen) atoms. The van der Waals surface area contributed by atoms with Crippen molar-refractivity contribution in [3.63, 3.8) is 0 Å². The van der Waals surface area contributed by atoms with Gasteiger partial charge in [0.1, 0.15) is 0 Å². The number of rotatable bonds is 12. The highest BCUT2D eigenvalue weighted by Gasteiger charge is 1.96. The summed E-state index contributed by atoms with van der Waals surface area (Å²) in [5.74, 6) is 15.9. The Balaban J connectivity index is 3.41. The van der Waals surface area contributed by atoms with E-state index in [1.54, 1.807) is 19.1 Å². The summed E-state index contributed by atoms with van der Waals surface area (Å²) in [4.78, 5) is 10.4. The van der Waals surface area contributed by atoms with E-state index in [2.05, 4.69) is 35.5 Å². The summed E-state index contributed by atoms with van der Waals surface area (Å²) in [5.41, 5.74) is 0. The second kappa shape index (κ2) is 18.2. The van der Waals surface area contributed by atoms with Gasteiger partial charge >= 0.3 is 5.97 Å². The van der Waals surface area contributed by atoms with Crippen LogP contribution in [0.4, 0.5) is 0 Å². The van der Waals surface area contributed by atoms with Gasteiger partial charge in [-0.25, -0.2) is 0 Å². The zero-order valence-electron chi connectivity index (χ0n) is 15.3. The number of carboxylic acids is 1. The zero-order valence-corrected chi connectivity index (χ0v) is 15.3. The third-order valence-electron chi connectivity index (χ3n) is 3.50. The van der Waals surface area contributed by atoms with E-state index in [1.807, 2.05) is 0 Å². The Labute approximate surface area is 152 Å². The van der Waals surface area contributed by atoms with Crippen LogP contribution in [-0.4, -0.2) is 22.3 Å². The van der Waals surface area contributed by atoms with Crippen LogP contribution in [0, 0.1) is 35.5 Å². The van der Waals surface area contributed by atoms with E-state index >= 15 is 0 Å². The molecular weight excluding hydrogens is 312 g/mol. The highest BCUT2D eigenvalue weighted by molar-refractivity contribution is 5.66. The first-order valence-corrected chi connectivity index (χ1v) is 9.18. The van der Waals surface area contributed by atoms with Crippen LogP contribution in [0.15, 0.2) is 12.2 Å². The summed E-state index contributed by atoms with van der Waals surface area (Å²) in [5, 5.41) is 17.5. The van der Waals surface area contributed by atoms with Crippen LogP contribution < -0.4 is 0 Å². The summed E-state index contributed by atoms with van der Waals surface area (Å²) in [6, 6.07) is 0. The lowest BCUT2D eigenvalue weighted by Crippen LogP contribution is -1.93. The first kappa shape index (κ1) is 22.9. The molecule has 3 heteroatoms. The van der Waals surface area contributed by atoms with Gasteiger partial charge in [-0.05, 0) is 55.6 Å². The molecule has 1 atom stereocenters. The number of unbranched alkanes of at least 4 members (excludes halogenated alkanes) is 9. The van der Waals surface area contributed by atoms with E-state index in [0.717, 1.165) is 32.1 Å². The lowest BCUT2D eigenvalue weighted by atomic mass is 10.1. The van der Waals surface area contributed by atoms with Crippen LogP contribution in [0.25, 0.3) is 0 Å². The molecule has 0 aliphatic rings. The average molecular weight is 342 g/mol. The molecule has 0 aromatic rings. The average Bonchev–Trinajstić information content (AvgIpc) is 2.56. The molecule has 0 saturated heterocycles. The smallest absolute Gasteiger partial charge is 0.303 e. The number of hydrogen-bond acceptors (Lipinski definition) is 2. The number of aliphatic hydroxyl groups is 1. The Hall–Kier alpha value is -2.15. The van der Waals surface area contributed by atoms with Crippen molar-refractivity contribution in [2.75, 3.05) is 0 Å². The first-order valence-electron chi connectivity index (χ1n) is 9.18. The molecule has 0 amide bonds. The van der Waals surface area contributed by atoms with Crippen LogP contribution in [0.2, 0.25) is 0 Å². The number of hydrogen-bond donors (Lipinski definition) is 2. The van der Waals surface area contributed by atoms with Gasteiger partial charge in [0.25, 0.3) is 0 Å². The molecule has 0 bridgehead atoms. The van der Waals surface area contributed by atoms with Crippen LogP contribution >= 0.6 is 0 Å². The Morgan fingerprint density at radius 3 is 2.04 bits per heavy atom. The molecule has 0 heterocycles. The molecule has 0 aliphatic heterocycles. The van der Waals surface area contributed by atoms with Crippen LogP contribution in [-0.2, 0) is 4.79 Å². The van der Waals surface area contributed by atoms with Gasteiger partial charge in [0.2, 0.25) is 0 Å². The maximum Gasteiger partial charge on any atom is 0.303 e. The lowest BCUT2D eigenvalue weighted by Gasteiger charge is -2.01. The summed E-state index contributed by atoms with van der Waals surface area (Å²) in [6.07, 6.45) is 14.1. The van der Waals surface area contributed by atoms with Gasteiger partial charge in [-0.1, -0.05) is 56.8 Å². The summed E-state index contributed by atoms with van der Waals surface area (Å²) in [6.45, 7) is 1.67. The molecule has 0 spiro atoms. The van der Waals surface area contributed by atoms with E-state index < -0.39 is 12.1 Å². The quantitative estimate of drug-likeness (QED) is 0.410. The summed E-state index contributed by atoms with van der Waals surface area (Å²) >= 11 is 0. The standard InChI is InChI=1S/C22H30O3/c1-21(23)19-17-15-13-11-9-7-5-3-2-4-6-8-10-12-14-16-18-20-22(24)25/h17,19,21,23H,2-4,6,8,10,12,14,16,18,20H2,1H3,(H,24,25)/b19-17+. The predicted octanol–water partition coefficient (Wildman–Crippen LogP) is 4.31. The Morgan fingerprint density at radius 2 is 1.44 bits per heavy atom. The molecule has 0 radical (unpaired) electrons. The number of aliphatic carboxylic acids is 1. The largest absolute Gasteiger partial charge is 0.481 e. The van der Waals surface area contributed by atoms with Crippen molar-refractivity contribution >= 4 is 5.97 Å². The van der Waals surface area contributed by atoms with Crippen LogP contribution in [0.1, 0.15) is 77.6 Å². The third-order valence-corrected chi connectivity index (χ3v) is 3.50. The summed E-state index contributed by atoms with van der Waals surface area (Å²) < 4.78 is 0. The van der Waals surface area contributed by atoms with E-state index in [9.17, 15) is 4.79 Å². The molecule has 0 aliphatic carbocycles. The van der Waals surface area contributed by atoms with Crippen molar-refractivity contribution in [2.45, 2.75) is 83.7 Å². The van der Waals surface area contributed by atoms with Crippen LogP contribution in [0.5, 0.6) is 0 Å². The van der Waals surface area contributed by atoms with Gasteiger partial charge in [0.15, 0.2) is 0 Å². The Kier molecular flexibility index (Phi) is 16.6. The molecule has 2 N–H and O–H groups in total. The monoisotopic (exact) mass is 342 g/mol. The predicted molar refractivity (Wildman–Crippen MR) is 103 cm³/mol. The summed E-state index contributed by atoms with van der Waals surface area (Å²) in [7, 11) is 0. The lowest BCUT2D eigenvalue weighted by molar-refractivity contribution is -0.137. The number of carbonyl (C=O) groups is 1.